The first-order valence-corrected chi connectivity index (χ1v) is 7.54. The Kier molecular flexibility index (Phi) is 4.50. The molecule has 1 rings (SSSR count). The zero-order valence-electron chi connectivity index (χ0n) is 9.76. The van der Waals surface area contributed by atoms with Crippen LogP contribution in [-0.2, 0) is 19.4 Å². The van der Waals surface area contributed by atoms with Crippen molar-refractivity contribution in [2.75, 3.05) is 25.1 Å². The lowest BCUT2D eigenvalue weighted by atomic mass is 9.98. The maximum absolute atomic E-state index is 11.5. The lowest BCUT2D eigenvalue weighted by Crippen LogP contribution is -2.43. The van der Waals surface area contributed by atoms with E-state index in [-0.39, 0.29) is 24.6 Å². The van der Waals surface area contributed by atoms with Gasteiger partial charge in [0.05, 0.1) is 11.7 Å². The molecule has 1 N–H and O–H groups in total. The quantitative estimate of drug-likeness (QED) is 0.738. The van der Waals surface area contributed by atoms with Crippen molar-refractivity contribution >= 4 is 21.7 Å². The molecule has 98 valence electrons. The molecule has 1 aliphatic rings. The highest BCUT2D eigenvalue weighted by atomic mass is 32.2. The summed E-state index contributed by atoms with van der Waals surface area (Å²) in [6.07, 6.45) is 2.11. The molecule has 6 nitrogen and oxygen atoms in total. The number of aliphatic carboxylic acids is 1. The second-order valence-electron chi connectivity index (χ2n) is 4.40. The second-order valence-corrected chi connectivity index (χ2v) is 6.66. The molecule has 0 spiro atoms. The van der Waals surface area contributed by atoms with Crippen LogP contribution in [0.5, 0.6) is 0 Å². The minimum absolute atomic E-state index is 0.0223. The third-order valence-electron chi connectivity index (χ3n) is 2.79. The van der Waals surface area contributed by atoms with E-state index >= 15 is 0 Å². The molecule has 7 heteroatoms. The number of likely N-dealkylation sites (tertiary alicyclic amines) is 1. The minimum atomic E-state index is -3.03. The minimum Gasteiger partial charge on any atom is -0.481 e. The van der Waals surface area contributed by atoms with Crippen LogP contribution in [0.2, 0.25) is 0 Å². The Morgan fingerprint density at radius 3 is 2.71 bits per heavy atom. The van der Waals surface area contributed by atoms with Crippen molar-refractivity contribution < 1.29 is 23.1 Å². The highest BCUT2D eigenvalue weighted by Crippen LogP contribution is 2.17. The van der Waals surface area contributed by atoms with Gasteiger partial charge in [0.1, 0.15) is 9.84 Å². The Hall–Kier alpha value is -1.11. The fraction of sp³-hybridized carbons (Fsp3) is 0.800. The van der Waals surface area contributed by atoms with Crippen LogP contribution >= 0.6 is 0 Å². The molecular formula is C10H17NO5S. The molecule has 1 saturated heterocycles. The number of hydrogen-bond acceptors (Lipinski definition) is 4. The summed E-state index contributed by atoms with van der Waals surface area (Å²) in [7, 11) is -3.03. The summed E-state index contributed by atoms with van der Waals surface area (Å²) >= 11 is 0. The first kappa shape index (κ1) is 14.0. The molecule has 0 aromatic carbocycles. The van der Waals surface area contributed by atoms with E-state index in [0.29, 0.717) is 19.4 Å². The molecule has 1 heterocycles. The maximum Gasteiger partial charge on any atom is 0.308 e. The van der Waals surface area contributed by atoms with Crippen LogP contribution in [0.4, 0.5) is 0 Å². The lowest BCUT2D eigenvalue weighted by molar-refractivity contribution is -0.147. The highest BCUT2D eigenvalue weighted by molar-refractivity contribution is 7.90. The maximum atomic E-state index is 11.5. The SMILES string of the molecule is CS(=O)(=O)CCCN1CC(C(=O)O)CCC1=O. The van der Waals surface area contributed by atoms with Crippen molar-refractivity contribution in [2.24, 2.45) is 5.92 Å². The molecule has 0 bridgehead atoms. The molecule has 0 aliphatic carbocycles. The van der Waals surface area contributed by atoms with E-state index in [1.54, 1.807) is 0 Å². The molecule has 0 saturated carbocycles. The molecular weight excluding hydrogens is 246 g/mol. The van der Waals surface area contributed by atoms with Crippen molar-refractivity contribution in [2.45, 2.75) is 19.3 Å². The predicted molar refractivity (Wildman–Crippen MR) is 61.3 cm³/mol. The predicted octanol–water partition coefficient (Wildman–Crippen LogP) is -0.256. The van der Waals surface area contributed by atoms with Crippen molar-refractivity contribution in [3.8, 4) is 0 Å². The van der Waals surface area contributed by atoms with Gasteiger partial charge >= 0.3 is 5.97 Å². The van der Waals surface area contributed by atoms with Gasteiger partial charge < -0.3 is 10.0 Å². The number of carboxylic acid groups (broad SMARTS) is 1. The molecule has 0 aromatic heterocycles. The van der Waals surface area contributed by atoms with E-state index in [1.807, 2.05) is 0 Å². The van der Waals surface area contributed by atoms with Gasteiger partial charge in [0.25, 0.3) is 0 Å². The number of carboxylic acids is 1. The molecule has 1 unspecified atom stereocenters. The Labute approximate surface area is 101 Å². The van der Waals surface area contributed by atoms with Crippen LogP contribution < -0.4 is 0 Å². The third-order valence-corrected chi connectivity index (χ3v) is 3.82. The number of nitrogens with zero attached hydrogens (tertiary/aromatic N) is 1. The molecule has 0 radical (unpaired) electrons. The van der Waals surface area contributed by atoms with E-state index < -0.39 is 21.7 Å². The Morgan fingerprint density at radius 1 is 1.53 bits per heavy atom. The molecule has 0 aromatic rings. The fourth-order valence-corrected chi connectivity index (χ4v) is 2.50. The van der Waals surface area contributed by atoms with Crippen molar-refractivity contribution in [3.63, 3.8) is 0 Å². The van der Waals surface area contributed by atoms with Crippen molar-refractivity contribution in [3.05, 3.63) is 0 Å². The summed E-state index contributed by atoms with van der Waals surface area (Å²) in [4.78, 5) is 23.8. The lowest BCUT2D eigenvalue weighted by Gasteiger charge is -2.30. The number of sulfone groups is 1. The van der Waals surface area contributed by atoms with Gasteiger partial charge in [-0.1, -0.05) is 0 Å². The van der Waals surface area contributed by atoms with Gasteiger partial charge in [0.2, 0.25) is 5.91 Å². The van der Waals surface area contributed by atoms with Crippen molar-refractivity contribution in [1.29, 1.82) is 0 Å². The Morgan fingerprint density at radius 2 is 2.18 bits per heavy atom. The molecule has 1 aliphatic heterocycles. The van der Waals surface area contributed by atoms with E-state index in [2.05, 4.69) is 0 Å². The summed E-state index contributed by atoms with van der Waals surface area (Å²) < 4.78 is 21.9. The van der Waals surface area contributed by atoms with Gasteiger partial charge in [-0.05, 0) is 12.8 Å². The van der Waals surface area contributed by atoms with Gasteiger partial charge in [-0.2, -0.15) is 0 Å². The summed E-state index contributed by atoms with van der Waals surface area (Å²) in [5, 5.41) is 8.86. The number of carbonyl (C=O) groups excluding carboxylic acids is 1. The number of carbonyl (C=O) groups is 2. The molecule has 17 heavy (non-hydrogen) atoms. The second kappa shape index (κ2) is 5.48. The van der Waals surface area contributed by atoms with Crippen LogP contribution in [0.1, 0.15) is 19.3 Å². The smallest absolute Gasteiger partial charge is 0.308 e. The summed E-state index contributed by atoms with van der Waals surface area (Å²) in [6.45, 7) is 0.508. The molecule has 1 amide bonds. The van der Waals surface area contributed by atoms with E-state index in [9.17, 15) is 18.0 Å². The van der Waals surface area contributed by atoms with Gasteiger partial charge in [-0.15, -0.1) is 0 Å². The van der Waals surface area contributed by atoms with Crippen LogP contribution in [-0.4, -0.2) is 55.4 Å². The van der Waals surface area contributed by atoms with Crippen LogP contribution in [0, 0.1) is 5.92 Å². The van der Waals surface area contributed by atoms with E-state index in [1.165, 1.54) is 4.90 Å². The Balaban J connectivity index is 2.45. The van der Waals surface area contributed by atoms with E-state index in [4.69, 9.17) is 5.11 Å². The van der Waals surface area contributed by atoms with Gasteiger partial charge in [-0.25, -0.2) is 8.42 Å². The number of amides is 1. The molecule has 1 atom stereocenters. The topological polar surface area (TPSA) is 91.8 Å². The monoisotopic (exact) mass is 263 g/mol. The van der Waals surface area contributed by atoms with Gasteiger partial charge in [0, 0.05) is 25.8 Å². The van der Waals surface area contributed by atoms with Gasteiger partial charge in [0.15, 0.2) is 0 Å². The summed E-state index contributed by atoms with van der Waals surface area (Å²) in [6, 6.07) is 0. The van der Waals surface area contributed by atoms with Crippen molar-refractivity contribution in [1.82, 2.24) is 4.90 Å². The highest BCUT2D eigenvalue weighted by Gasteiger charge is 2.29. The standard InChI is InChI=1S/C10H17NO5S/c1-17(15,16)6-2-5-11-7-8(10(13)14)3-4-9(11)12/h8H,2-7H2,1H3,(H,13,14). The number of piperidine rings is 1. The van der Waals surface area contributed by atoms with Crippen LogP contribution in [0.25, 0.3) is 0 Å². The largest absolute Gasteiger partial charge is 0.481 e. The average Bonchev–Trinajstić information content (AvgIpc) is 2.18. The van der Waals surface area contributed by atoms with Crippen LogP contribution in [0.3, 0.4) is 0 Å². The van der Waals surface area contributed by atoms with Gasteiger partial charge in [-0.3, -0.25) is 9.59 Å². The fourth-order valence-electron chi connectivity index (χ4n) is 1.85. The number of hydrogen-bond donors (Lipinski definition) is 1. The molecule has 1 fully saturated rings. The zero-order chi connectivity index (χ0) is 13.1. The summed E-state index contributed by atoms with van der Waals surface area (Å²) in [5.41, 5.74) is 0. The third kappa shape index (κ3) is 4.72. The Bertz CT molecular complexity index is 403. The number of rotatable bonds is 5. The normalized spacial score (nSPS) is 21.6. The van der Waals surface area contributed by atoms with Crippen LogP contribution in [0.15, 0.2) is 0 Å². The first-order valence-electron chi connectivity index (χ1n) is 5.48. The average molecular weight is 263 g/mol. The van der Waals surface area contributed by atoms with E-state index in [0.717, 1.165) is 6.26 Å². The first-order chi connectivity index (χ1) is 7.79. The zero-order valence-corrected chi connectivity index (χ0v) is 10.6. The summed E-state index contributed by atoms with van der Waals surface area (Å²) in [5.74, 6) is -1.48.